The molecule has 7 nitrogen and oxygen atoms in total. The summed E-state index contributed by atoms with van der Waals surface area (Å²) in [6.45, 7) is 5.17. The van der Waals surface area contributed by atoms with E-state index in [1.54, 1.807) is 25.1 Å². The van der Waals surface area contributed by atoms with Crippen molar-refractivity contribution in [2.75, 3.05) is 31.6 Å². The zero-order valence-corrected chi connectivity index (χ0v) is 21.4. The number of aryl methyl sites for hydroxylation is 1. The highest BCUT2D eigenvalue weighted by atomic mass is 32.2. The highest BCUT2D eigenvalue weighted by Crippen LogP contribution is 2.38. The molecule has 0 amide bonds. The maximum Gasteiger partial charge on any atom is 0.341 e. The maximum atomic E-state index is 13.1. The Morgan fingerprint density at radius 1 is 1.18 bits per heavy atom. The minimum absolute atomic E-state index is 0.0312. The second-order valence-corrected chi connectivity index (χ2v) is 12.1. The molecule has 1 fully saturated rings. The average molecular weight is 505 g/mol. The summed E-state index contributed by atoms with van der Waals surface area (Å²) in [5.74, 6) is -0.0702. The van der Waals surface area contributed by atoms with Gasteiger partial charge in [0.25, 0.3) is 0 Å². The number of thiophene rings is 1. The number of hydrogen-bond donors (Lipinski definition) is 1. The van der Waals surface area contributed by atoms with E-state index in [1.165, 1.54) is 26.6 Å². The fourth-order valence-electron chi connectivity index (χ4n) is 4.58. The summed E-state index contributed by atoms with van der Waals surface area (Å²) in [5.41, 5.74) is 1.91. The molecule has 1 aliphatic carbocycles. The number of sulfonamides is 1. The Morgan fingerprint density at radius 2 is 1.91 bits per heavy atom. The monoisotopic (exact) mass is 504 g/mol. The molecule has 34 heavy (non-hydrogen) atoms. The molecule has 1 aliphatic heterocycles. The van der Waals surface area contributed by atoms with E-state index in [1.807, 2.05) is 0 Å². The number of nitrogens with one attached hydrogen (secondary N) is 1. The SMILES string of the molecule is CCOC(=O)c1c(NCC(=O)c2cccc(S(=O)(=O)N3CCC(C)CC3)c2)sc2c1CCCC2. The molecule has 0 atom stereocenters. The lowest BCUT2D eigenvalue weighted by Gasteiger charge is -2.29. The summed E-state index contributed by atoms with van der Waals surface area (Å²) in [4.78, 5) is 26.9. The van der Waals surface area contributed by atoms with Crippen molar-refractivity contribution in [1.29, 1.82) is 0 Å². The van der Waals surface area contributed by atoms with Gasteiger partial charge in [-0.1, -0.05) is 19.1 Å². The molecule has 1 saturated heterocycles. The Hall–Kier alpha value is -2.23. The van der Waals surface area contributed by atoms with Crippen molar-refractivity contribution >= 4 is 38.1 Å². The van der Waals surface area contributed by atoms with Gasteiger partial charge in [0.15, 0.2) is 5.78 Å². The largest absolute Gasteiger partial charge is 0.462 e. The Labute approximate surface area is 205 Å². The van der Waals surface area contributed by atoms with Gasteiger partial charge in [-0.25, -0.2) is 13.2 Å². The summed E-state index contributed by atoms with van der Waals surface area (Å²) in [7, 11) is -3.63. The summed E-state index contributed by atoms with van der Waals surface area (Å²) < 4.78 is 33.0. The fraction of sp³-hybridized carbons (Fsp3) is 0.520. The number of esters is 1. The highest BCUT2D eigenvalue weighted by molar-refractivity contribution is 7.89. The van der Waals surface area contributed by atoms with Crippen LogP contribution >= 0.6 is 11.3 Å². The van der Waals surface area contributed by atoms with Crippen LogP contribution in [0, 0.1) is 5.92 Å². The third-order valence-electron chi connectivity index (χ3n) is 6.60. The number of fused-ring (bicyclic) bond motifs is 1. The van der Waals surface area contributed by atoms with E-state index in [9.17, 15) is 18.0 Å². The van der Waals surface area contributed by atoms with Gasteiger partial charge >= 0.3 is 5.97 Å². The van der Waals surface area contributed by atoms with Crippen molar-refractivity contribution in [3.63, 3.8) is 0 Å². The van der Waals surface area contributed by atoms with E-state index in [2.05, 4.69) is 12.2 Å². The van der Waals surface area contributed by atoms with Gasteiger partial charge in [-0.05, 0) is 69.1 Å². The van der Waals surface area contributed by atoms with Gasteiger partial charge in [0.05, 0.1) is 23.6 Å². The predicted octanol–water partition coefficient (Wildman–Crippen LogP) is 4.52. The third kappa shape index (κ3) is 5.21. The fourth-order valence-corrected chi connectivity index (χ4v) is 7.37. The number of Topliss-reactive ketones (excluding diaryl/α,β-unsaturated/α-hetero) is 1. The molecule has 0 unspecified atom stereocenters. The van der Waals surface area contributed by atoms with Crippen LogP contribution in [-0.4, -0.2) is 50.7 Å². The van der Waals surface area contributed by atoms with Gasteiger partial charge in [-0.15, -0.1) is 11.3 Å². The van der Waals surface area contributed by atoms with Gasteiger partial charge in [-0.3, -0.25) is 4.79 Å². The standard InChI is InChI=1S/C25H32N2O5S2/c1-3-32-25(29)23-20-9-4-5-10-22(20)33-24(23)26-16-21(28)18-7-6-8-19(15-18)34(30,31)27-13-11-17(2)12-14-27/h6-8,15,17,26H,3-5,9-14,16H2,1-2H3. The second kappa shape index (κ2) is 10.6. The van der Waals surface area contributed by atoms with E-state index < -0.39 is 10.0 Å². The first kappa shape index (κ1) is 24.9. The van der Waals surface area contributed by atoms with Crippen LogP contribution in [0.3, 0.4) is 0 Å². The number of carbonyl (C=O) groups is 2. The quantitative estimate of drug-likeness (QED) is 0.420. The van der Waals surface area contributed by atoms with E-state index >= 15 is 0 Å². The number of carbonyl (C=O) groups excluding carboxylic acids is 2. The summed E-state index contributed by atoms with van der Waals surface area (Å²) in [5, 5.41) is 3.80. The molecule has 0 bridgehead atoms. The molecule has 4 rings (SSSR count). The predicted molar refractivity (Wildman–Crippen MR) is 133 cm³/mol. The number of hydrogen-bond acceptors (Lipinski definition) is 7. The van der Waals surface area contributed by atoms with Crippen molar-refractivity contribution in [3.8, 4) is 0 Å². The molecule has 184 valence electrons. The van der Waals surface area contributed by atoms with Crippen LogP contribution in [0.2, 0.25) is 0 Å². The minimum atomic E-state index is -3.63. The van der Waals surface area contributed by atoms with Gasteiger partial charge < -0.3 is 10.1 Å². The molecular weight excluding hydrogens is 472 g/mol. The van der Waals surface area contributed by atoms with Crippen molar-refractivity contribution < 1.29 is 22.7 Å². The van der Waals surface area contributed by atoms with Crippen LogP contribution in [0.1, 0.15) is 70.7 Å². The Morgan fingerprint density at radius 3 is 2.65 bits per heavy atom. The first-order valence-electron chi connectivity index (χ1n) is 12.0. The first-order chi connectivity index (χ1) is 16.3. The zero-order valence-electron chi connectivity index (χ0n) is 19.8. The molecule has 0 radical (unpaired) electrons. The van der Waals surface area contributed by atoms with Gasteiger partial charge in [0.2, 0.25) is 10.0 Å². The topological polar surface area (TPSA) is 92.8 Å². The number of nitrogens with zero attached hydrogens (tertiary/aromatic N) is 1. The van der Waals surface area contributed by atoms with E-state index in [4.69, 9.17) is 4.74 Å². The molecule has 2 heterocycles. The average Bonchev–Trinajstić information content (AvgIpc) is 3.21. The van der Waals surface area contributed by atoms with Crippen LogP contribution in [0.4, 0.5) is 5.00 Å². The highest BCUT2D eigenvalue weighted by Gasteiger charge is 2.29. The third-order valence-corrected chi connectivity index (χ3v) is 9.74. The van der Waals surface area contributed by atoms with E-state index in [0.29, 0.717) is 41.7 Å². The molecule has 1 aromatic heterocycles. The van der Waals surface area contributed by atoms with Crippen LogP contribution in [0.5, 0.6) is 0 Å². The molecule has 9 heteroatoms. The lowest BCUT2D eigenvalue weighted by Crippen LogP contribution is -2.37. The van der Waals surface area contributed by atoms with Crippen molar-refractivity contribution in [1.82, 2.24) is 4.31 Å². The minimum Gasteiger partial charge on any atom is -0.462 e. The van der Waals surface area contributed by atoms with Gasteiger partial charge in [0, 0.05) is 23.5 Å². The normalized spacial score (nSPS) is 17.2. The molecule has 0 spiro atoms. The van der Waals surface area contributed by atoms with Crippen LogP contribution in [0.25, 0.3) is 0 Å². The molecule has 2 aromatic rings. The number of piperidine rings is 1. The summed E-state index contributed by atoms with van der Waals surface area (Å²) >= 11 is 1.51. The van der Waals surface area contributed by atoms with Crippen molar-refractivity contribution in [3.05, 3.63) is 45.8 Å². The molecule has 1 aromatic carbocycles. The van der Waals surface area contributed by atoms with E-state index in [0.717, 1.165) is 44.1 Å². The van der Waals surface area contributed by atoms with E-state index in [-0.39, 0.29) is 23.2 Å². The molecular formula is C25H32N2O5S2. The number of anilines is 1. The van der Waals surface area contributed by atoms with Crippen LogP contribution in [-0.2, 0) is 27.6 Å². The molecule has 1 N–H and O–H groups in total. The summed E-state index contributed by atoms with van der Waals surface area (Å²) in [6, 6.07) is 6.25. The first-order valence-corrected chi connectivity index (χ1v) is 14.3. The Kier molecular flexibility index (Phi) is 7.74. The molecule has 0 saturated carbocycles. The number of ketones is 1. The number of rotatable bonds is 8. The number of ether oxygens (including phenoxy) is 1. The Bertz CT molecular complexity index is 1160. The van der Waals surface area contributed by atoms with Crippen LogP contribution < -0.4 is 5.32 Å². The zero-order chi connectivity index (χ0) is 24.3. The smallest absolute Gasteiger partial charge is 0.341 e. The lowest BCUT2D eigenvalue weighted by molar-refractivity contribution is 0.0526. The van der Waals surface area contributed by atoms with Crippen molar-refractivity contribution in [2.45, 2.75) is 57.3 Å². The lowest BCUT2D eigenvalue weighted by atomic mass is 9.95. The molecule has 2 aliphatic rings. The maximum absolute atomic E-state index is 13.1. The number of benzene rings is 1. The Balaban J connectivity index is 1.50. The van der Waals surface area contributed by atoms with Gasteiger partial charge in [-0.2, -0.15) is 4.31 Å². The van der Waals surface area contributed by atoms with Crippen molar-refractivity contribution in [2.24, 2.45) is 5.92 Å². The summed E-state index contributed by atoms with van der Waals surface area (Å²) in [6.07, 6.45) is 5.57. The van der Waals surface area contributed by atoms with Crippen LogP contribution in [0.15, 0.2) is 29.2 Å². The second-order valence-electron chi connectivity index (χ2n) is 9.03. The van der Waals surface area contributed by atoms with Gasteiger partial charge in [0.1, 0.15) is 5.00 Å².